The van der Waals surface area contributed by atoms with Gasteiger partial charge in [0.25, 0.3) is 5.91 Å². The van der Waals surface area contributed by atoms with Crippen LogP contribution in [0.25, 0.3) is 16.9 Å². The third-order valence-corrected chi connectivity index (χ3v) is 8.30. The Morgan fingerprint density at radius 2 is 1.80 bits per heavy atom. The number of rotatable bonds is 5. The molecule has 5 rings (SSSR count). The lowest BCUT2D eigenvalue weighted by Crippen LogP contribution is -2.65. The number of hydrogen-bond acceptors (Lipinski definition) is 9. The molecule has 1 fully saturated rings. The fourth-order valence-electron chi connectivity index (χ4n) is 6.65. The molecule has 1 amide bonds. The van der Waals surface area contributed by atoms with Gasteiger partial charge in [0, 0.05) is 17.9 Å². The van der Waals surface area contributed by atoms with Crippen LogP contribution in [0.2, 0.25) is 0 Å². The van der Waals surface area contributed by atoms with Gasteiger partial charge >= 0.3 is 0 Å². The van der Waals surface area contributed by atoms with Crippen molar-refractivity contribution in [3.05, 3.63) is 70.0 Å². The maximum Gasteiger partial charge on any atom is 0.255 e. The van der Waals surface area contributed by atoms with E-state index in [2.05, 4.69) is 0 Å². The molecule has 4 atom stereocenters. The minimum atomic E-state index is -2.68. The molecule has 0 spiro atoms. The van der Waals surface area contributed by atoms with Crippen LogP contribution in [-0.2, 0) is 32.0 Å². The second-order valence-electron chi connectivity index (χ2n) is 11.0. The molecular weight excluding hydrogens is 516 g/mol. The molecule has 40 heavy (non-hydrogen) atoms. The summed E-state index contributed by atoms with van der Waals surface area (Å²) in [6, 6.07) is 9.26. The minimum absolute atomic E-state index is 0.00224. The highest BCUT2D eigenvalue weighted by atomic mass is 16.3. The summed E-state index contributed by atoms with van der Waals surface area (Å²) in [5, 5.41) is 44.8. The number of fused-ring (bicyclic) bond motifs is 3. The Morgan fingerprint density at radius 3 is 2.42 bits per heavy atom. The molecule has 3 aliphatic rings. The van der Waals surface area contributed by atoms with E-state index in [0.717, 1.165) is 11.1 Å². The van der Waals surface area contributed by atoms with Crippen LogP contribution in [-0.4, -0.2) is 74.3 Å². The zero-order valence-corrected chi connectivity index (χ0v) is 22.3. The van der Waals surface area contributed by atoms with E-state index in [4.69, 9.17) is 5.73 Å². The predicted octanol–water partition coefficient (Wildman–Crippen LogP) is 1.76. The molecule has 0 heterocycles. The minimum Gasteiger partial charge on any atom is -0.508 e. The molecule has 0 aromatic heterocycles. The first kappa shape index (κ1) is 27.3. The van der Waals surface area contributed by atoms with Crippen molar-refractivity contribution in [3.63, 3.8) is 0 Å². The summed E-state index contributed by atoms with van der Waals surface area (Å²) in [5.41, 5.74) is 4.42. The zero-order chi connectivity index (χ0) is 29.3. The second-order valence-corrected chi connectivity index (χ2v) is 11.0. The van der Waals surface area contributed by atoms with Crippen LogP contribution in [0.3, 0.4) is 0 Å². The smallest absolute Gasteiger partial charge is 0.255 e. The summed E-state index contributed by atoms with van der Waals surface area (Å²) < 4.78 is 0. The molecular formula is C30H30N2O8. The summed E-state index contributed by atoms with van der Waals surface area (Å²) in [7, 11) is 3.11. The van der Waals surface area contributed by atoms with E-state index < -0.39 is 58.0 Å². The van der Waals surface area contributed by atoms with E-state index >= 15 is 0 Å². The molecule has 2 aromatic carbocycles. The van der Waals surface area contributed by atoms with Crippen molar-refractivity contribution in [2.45, 2.75) is 37.8 Å². The van der Waals surface area contributed by atoms with Gasteiger partial charge in [-0.05, 0) is 68.1 Å². The lowest BCUT2D eigenvalue weighted by molar-refractivity contribution is -0.153. The number of Topliss-reactive ketones (excluding diaryl/α,β-unsaturated/α-hetero) is 3. The number of likely N-dealkylation sites (N-methyl/N-ethyl adjacent to an activating group) is 1. The van der Waals surface area contributed by atoms with Crippen molar-refractivity contribution >= 4 is 29.0 Å². The first-order valence-corrected chi connectivity index (χ1v) is 12.9. The molecule has 0 bridgehead atoms. The number of benzene rings is 2. The maximum absolute atomic E-state index is 13.9. The highest BCUT2D eigenvalue weighted by molar-refractivity contribution is 6.24. The van der Waals surface area contributed by atoms with Gasteiger partial charge in [0.2, 0.25) is 5.78 Å². The van der Waals surface area contributed by atoms with E-state index in [1.807, 2.05) is 24.3 Å². The van der Waals surface area contributed by atoms with Gasteiger partial charge in [0.15, 0.2) is 11.4 Å². The van der Waals surface area contributed by atoms with Crippen LogP contribution in [0.1, 0.15) is 30.0 Å². The van der Waals surface area contributed by atoms with Crippen LogP contribution >= 0.6 is 0 Å². The van der Waals surface area contributed by atoms with Gasteiger partial charge in [0.05, 0.1) is 11.6 Å². The Kier molecular flexibility index (Phi) is 6.43. The summed E-state index contributed by atoms with van der Waals surface area (Å²) >= 11 is 0. The van der Waals surface area contributed by atoms with Gasteiger partial charge in [-0.2, -0.15) is 0 Å². The molecule has 3 aliphatic carbocycles. The molecule has 10 heteroatoms. The number of aromatic hydroxyl groups is 1. The van der Waals surface area contributed by atoms with Crippen LogP contribution in [0.5, 0.6) is 5.75 Å². The maximum atomic E-state index is 13.9. The Balaban J connectivity index is 1.71. The zero-order valence-electron chi connectivity index (χ0n) is 22.3. The topological polar surface area (TPSA) is 178 Å². The van der Waals surface area contributed by atoms with Crippen LogP contribution < -0.4 is 5.73 Å². The molecule has 1 saturated carbocycles. The number of hydrogen-bond donors (Lipinski definition) is 5. The number of phenols is 1. The molecule has 0 aliphatic heterocycles. The summed E-state index contributed by atoms with van der Waals surface area (Å²) in [6.45, 7) is 1.50. The monoisotopic (exact) mass is 546 g/mol. The summed E-state index contributed by atoms with van der Waals surface area (Å²) in [4.78, 5) is 52.4. The lowest BCUT2D eigenvalue weighted by atomic mass is 9.57. The van der Waals surface area contributed by atoms with Gasteiger partial charge in [0.1, 0.15) is 28.6 Å². The standard InChI is InChI=1S/C30H30N2O8/c1-13(33)9-14-5-4-6-15(10-14)17-7-8-20(34)22-18(17)11-16-12-19-24(32(2)3)26(36)23(29(31)39)28(38)30(19,40)27(37)21(16)25(22)35/h4-8,10,16,19,24,34-35,38,40H,9,11-12H2,1-3H3,(H2,31,39)/t16-,19-,24-,30-/m0/s1. The Bertz CT molecular complexity index is 1570. The average Bonchev–Trinajstić information content (AvgIpc) is 2.85. The third kappa shape index (κ3) is 3.86. The molecule has 0 saturated heterocycles. The normalized spacial score (nSPS) is 26.0. The molecule has 10 nitrogen and oxygen atoms in total. The van der Waals surface area contributed by atoms with Crippen molar-refractivity contribution in [3.8, 4) is 16.9 Å². The quantitative estimate of drug-likeness (QED) is 0.350. The number of carbonyl (C=O) groups excluding carboxylic acids is 4. The molecule has 2 aromatic rings. The van der Waals surface area contributed by atoms with Crippen LogP contribution in [0.4, 0.5) is 0 Å². The predicted molar refractivity (Wildman–Crippen MR) is 144 cm³/mol. The number of nitrogens with zero attached hydrogens (tertiary/aromatic N) is 1. The van der Waals surface area contributed by atoms with Crippen molar-refractivity contribution in [2.75, 3.05) is 14.1 Å². The SMILES string of the molecule is CC(=O)Cc1cccc(-c2ccc(O)c3c2C[C@H]2C[C@H]4[C@H](N(C)C)C(=O)C(C(N)=O)=C(O)[C@@]4(O)C(=O)C2=C3O)c1. The summed E-state index contributed by atoms with van der Waals surface area (Å²) in [6.07, 6.45) is 0.422. The van der Waals surface area contributed by atoms with Gasteiger partial charge in [-0.15, -0.1) is 0 Å². The highest BCUT2D eigenvalue weighted by Crippen LogP contribution is 2.53. The molecule has 6 N–H and O–H groups in total. The summed E-state index contributed by atoms with van der Waals surface area (Å²) in [5.74, 6) is -6.91. The number of aliphatic hydroxyl groups is 3. The lowest BCUT2D eigenvalue weighted by Gasteiger charge is -2.50. The van der Waals surface area contributed by atoms with Crippen molar-refractivity contribution in [1.82, 2.24) is 4.90 Å². The molecule has 0 unspecified atom stereocenters. The van der Waals surface area contributed by atoms with E-state index in [9.17, 15) is 39.6 Å². The number of primary amides is 1. The van der Waals surface area contributed by atoms with E-state index in [-0.39, 0.29) is 41.9 Å². The first-order chi connectivity index (χ1) is 18.8. The van der Waals surface area contributed by atoms with Crippen LogP contribution in [0, 0.1) is 11.8 Å². The van der Waals surface area contributed by atoms with Gasteiger partial charge < -0.3 is 26.2 Å². The van der Waals surface area contributed by atoms with E-state index in [1.54, 1.807) is 20.2 Å². The second kappa shape index (κ2) is 9.42. The van der Waals surface area contributed by atoms with Gasteiger partial charge in [-0.1, -0.05) is 30.3 Å². The molecule has 0 radical (unpaired) electrons. The van der Waals surface area contributed by atoms with E-state index in [1.165, 1.54) is 17.9 Å². The van der Waals surface area contributed by atoms with E-state index in [0.29, 0.717) is 11.1 Å². The van der Waals surface area contributed by atoms with Crippen LogP contribution in [0.15, 0.2) is 53.3 Å². The number of carbonyl (C=O) groups is 4. The fraction of sp³-hybridized carbons (Fsp3) is 0.333. The number of nitrogens with two attached hydrogens (primary N) is 1. The Hall–Kier alpha value is -4.28. The van der Waals surface area contributed by atoms with Crippen molar-refractivity contribution in [2.24, 2.45) is 17.6 Å². The van der Waals surface area contributed by atoms with Gasteiger partial charge in [-0.25, -0.2) is 0 Å². The average molecular weight is 547 g/mol. The number of ketones is 3. The first-order valence-electron chi connectivity index (χ1n) is 12.9. The fourth-order valence-corrected chi connectivity index (χ4v) is 6.65. The van der Waals surface area contributed by atoms with Crippen molar-refractivity contribution < 1.29 is 39.6 Å². The number of amides is 1. The molecule has 208 valence electrons. The largest absolute Gasteiger partial charge is 0.508 e. The Labute approximate surface area is 230 Å². The van der Waals surface area contributed by atoms with Gasteiger partial charge in [-0.3, -0.25) is 24.1 Å². The third-order valence-electron chi connectivity index (χ3n) is 8.30. The number of aliphatic hydroxyl groups excluding tert-OH is 2. The highest BCUT2D eigenvalue weighted by Gasteiger charge is 2.64. The Morgan fingerprint density at radius 1 is 1.10 bits per heavy atom. The number of phenolic OH excluding ortho intramolecular Hbond substituents is 1. The van der Waals surface area contributed by atoms with Crippen molar-refractivity contribution in [1.29, 1.82) is 0 Å².